The molecule has 24 heavy (non-hydrogen) atoms. The minimum atomic E-state index is -0.930. The molecule has 1 N–H and O–H groups in total. The molecule has 0 spiro atoms. The van der Waals surface area contributed by atoms with Gasteiger partial charge in [0.05, 0.1) is 5.56 Å². The number of rotatable bonds is 5. The minimum Gasteiger partial charge on any atom is -0.489 e. The quantitative estimate of drug-likeness (QED) is 0.725. The Kier molecular flexibility index (Phi) is 4.62. The van der Waals surface area contributed by atoms with Crippen LogP contribution in [0.2, 0.25) is 0 Å². The molecule has 3 aromatic rings. The van der Waals surface area contributed by atoms with Gasteiger partial charge in [-0.25, -0.2) is 4.79 Å². The van der Waals surface area contributed by atoms with E-state index < -0.39 is 5.97 Å². The third-order valence-corrected chi connectivity index (χ3v) is 3.85. The van der Waals surface area contributed by atoms with Gasteiger partial charge >= 0.3 is 5.97 Å². The van der Waals surface area contributed by atoms with Crippen LogP contribution < -0.4 is 4.74 Å². The van der Waals surface area contributed by atoms with Crippen LogP contribution in [-0.2, 0) is 6.61 Å². The summed E-state index contributed by atoms with van der Waals surface area (Å²) >= 11 is 0. The molecule has 0 aliphatic carbocycles. The zero-order chi connectivity index (χ0) is 16.9. The van der Waals surface area contributed by atoms with Crippen LogP contribution in [0.5, 0.6) is 5.75 Å². The molecule has 0 aromatic heterocycles. The van der Waals surface area contributed by atoms with Crippen molar-refractivity contribution >= 4 is 5.97 Å². The molecule has 120 valence electrons. The normalized spacial score (nSPS) is 10.4. The van der Waals surface area contributed by atoms with Crippen molar-refractivity contribution in [2.45, 2.75) is 13.5 Å². The van der Waals surface area contributed by atoms with Crippen molar-refractivity contribution in [3.8, 4) is 16.9 Å². The summed E-state index contributed by atoms with van der Waals surface area (Å²) < 4.78 is 5.86. The molecule has 0 bridgehead atoms. The number of hydrogen-bond donors (Lipinski definition) is 1. The van der Waals surface area contributed by atoms with Crippen LogP contribution >= 0.6 is 0 Å². The van der Waals surface area contributed by atoms with Crippen LogP contribution in [0.1, 0.15) is 21.5 Å². The molecule has 0 atom stereocenters. The maximum absolute atomic E-state index is 11.0. The summed E-state index contributed by atoms with van der Waals surface area (Å²) in [5, 5.41) is 9.04. The van der Waals surface area contributed by atoms with E-state index in [0.717, 1.165) is 22.4 Å². The topological polar surface area (TPSA) is 46.5 Å². The van der Waals surface area contributed by atoms with E-state index in [1.54, 1.807) is 18.2 Å². The lowest BCUT2D eigenvalue weighted by Gasteiger charge is -2.11. The fourth-order valence-electron chi connectivity index (χ4n) is 2.58. The summed E-state index contributed by atoms with van der Waals surface area (Å²) in [6, 6.07) is 23.1. The highest BCUT2D eigenvalue weighted by Gasteiger charge is 2.06. The number of benzene rings is 3. The van der Waals surface area contributed by atoms with Gasteiger partial charge in [-0.05, 0) is 53.4 Å². The van der Waals surface area contributed by atoms with Crippen molar-refractivity contribution in [2.24, 2.45) is 0 Å². The van der Waals surface area contributed by atoms with Gasteiger partial charge in [-0.15, -0.1) is 0 Å². The van der Waals surface area contributed by atoms with Gasteiger partial charge in [0.25, 0.3) is 0 Å². The van der Waals surface area contributed by atoms with E-state index in [9.17, 15) is 4.79 Å². The molecule has 0 amide bonds. The predicted molar refractivity (Wildman–Crippen MR) is 94.3 cm³/mol. The number of ether oxygens (including phenoxy) is 1. The van der Waals surface area contributed by atoms with Crippen LogP contribution in [0.15, 0.2) is 72.8 Å². The number of carboxylic acids is 1. The first-order valence-corrected chi connectivity index (χ1v) is 7.74. The maximum atomic E-state index is 11.0. The molecule has 3 nitrogen and oxygen atoms in total. The van der Waals surface area contributed by atoms with Crippen LogP contribution in [0, 0.1) is 6.92 Å². The van der Waals surface area contributed by atoms with Crippen molar-refractivity contribution in [3.05, 3.63) is 89.5 Å². The van der Waals surface area contributed by atoms with Gasteiger partial charge in [0, 0.05) is 0 Å². The molecular weight excluding hydrogens is 300 g/mol. The molecular formula is C21H18O3. The van der Waals surface area contributed by atoms with E-state index >= 15 is 0 Å². The molecule has 3 heteroatoms. The third-order valence-electron chi connectivity index (χ3n) is 3.85. The highest BCUT2D eigenvalue weighted by atomic mass is 16.5. The smallest absolute Gasteiger partial charge is 0.335 e. The Bertz CT molecular complexity index is 854. The van der Waals surface area contributed by atoms with Crippen LogP contribution in [0.25, 0.3) is 11.1 Å². The largest absolute Gasteiger partial charge is 0.489 e. The monoisotopic (exact) mass is 318 g/mol. The van der Waals surface area contributed by atoms with Crippen molar-refractivity contribution in [2.75, 3.05) is 0 Å². The second-order valence-corrected chi connectivity index (χ2v) is 5.64. The highest BCUT2D eigenvalue weighted by Crippen LogP contribution is 2.26. The predicted octanol–water partition coefficient (Wildman–Crippen LogP) is 4.94. The Morgan fingerprint density at radius 3 is 2.42 bits per heavy atom. The molecule has 0 heterocycles. The van der Waals surface area contributed by atoms with E-state index in [0.29, 0.717) is 6.61 Å². The van der Waals surface area contributed by atoms with Gasteiger partial charge in [0.1, 0.15) is 12.4 Å². The third kappa shape index (κ3) is 3.63. The number of carbonyl (C=O) groups is 1. The van der Waals surface area contributed by atoms with Crippen molar-refractivity contribution in [1.29, 1.82) is 0 Å². The zero-order valence-electron chi connectivity index (χ0n) is 13.4. The number of aryl methyl sites for hydroxylation is 1. The lowest BCUT2D eigenvalue weighted by Crippen LogP contribution is -2.01. The van der Waals surface area contributed by atoms with Gasteiger partial charge in [-0.3, -0.25) is 0 Å². The molecule has 0 aliphatic rings. The second kappa shape index (κ2) is 7.01. The Labute approximate surface area is 141 Å². The van der Waals surface area contributed by atoms with E-state index in [1.807, 2.05) is 43.3 Å². The number of hydrogen-bond acceptors (Lipinski definition) is 2. The number of carboxylic acid groups (broad SMARTS) is 1. The average Bonchev–Trinajstić information content (AvgIpc) is 2.61. The lowest BCUT2D eigenvalue weighted by molar-refractivity contribution is 0.0696. The zero-order valence-corrected chi connectivity index (χ0v) is 13.4. The summed E-state index contributed by atoms with van der Waals surface area (Å²) in [6.07, 6.45) is 0. The molecule has 0 radical (unpaired) electrons. The first-order chi connectivity index (χ1) is 11.6. The summed E-state index contributed by atoms with van der Waals surface area (Å²) in [7, 11) is 0. The lowest BCUT2D eigenvalue weighted by atomic mass is 10.0. The Morgan fingerprint density at radius 2 is 1.71 bits per heavy atom. The van der Waals surface area contributed by atoms with E-state index in [4.69, 9.17) is 9.84 Å². The van der Waals surface area contributed by atoms with E-state index in [2.05, 4.69) is 18.2 Å². The molecule has 0 saturated heterocycles. The highest BCUT2D eigenvalue weighted by molar-refractivity contribution is 5.87. The first kappa shape index (κ1) is 15.8. The van der Waals surface area contributed by atoms with Crippen LogP contribution in [-0.4, -0.2) is 11.1 Å². The van der Waals surface area contributed by atoms with Crippen LogP contribution in [0.4, 0.5) is 0 Å². The van der Waals surface area contributed by atoms with Crippen molar-refractivity contribution < 1.29 is 14.6 Å². The summed E-state index contributed by atoms with van der Waals surface area (Å²) in [5.41, 5.74) is 4.47. The number of aromatic carboxylic acids is 1. The van der Waals surface area contributed by atoms with Gasteiger partial charge < -0.3 is 9.84 Å². The fraction of sp³-hybridized carbons (Fsp3) is 0.0952. The molecule has 3 aromatic carbocycles. The second-order valence-electron chi connectivity index (χ2n) is 5.64. The Balaban J connectivity index is 1.74. The molecule has 0 fully saturated rings. The molecule has 0 saturated carbocycles. The van der Waals surface area contributed by atoms with Crippen LogP contribution in [0.3, 0.4) is 0 Å². The molecule has 0 unspecified atom stereocenters. The first-order valence-electron chi connectivity index (χ1n) is 7.74. The minimum absolute atomic E-state index is 0.271. The van der Waals surface area contributed by atoms with E-state index in [-0.39, 0.29) is 5.56 Å². The molecule has 0 aliphatic heterocycles. The summed E-state index contributed by atoms with van der Waals surface area (Å²) in [4.78, 5) is 11.0. The Hall–Kier alpha value is -3.07. The fourth-order valence-corrected chi connectivity index (χ4v) is 2.58. The van der Waals surface area contributed by atoms with Crippen molar-refractivity contribution in [1.82, 2.24) is 0 Å². The van der Waals surface area contributed by atoms with Gasteiger partial charge in [-0.1, -0.05) is 48.5 Å². The summed E-state index contributed by atoms with van der Waals surface area (Å²) in [5.74, 6) is -0.129. The maximum Gasteiger partial charge on any atom is 0.335 e. The van der Waals surface area contributed by atoms with Crippen molar-refractivity contribution in [3.63, 3.8) is 0 Å². The van der Waals surface area contributed by atoms with Gasteiger partial charge in [0.2, 0.25) is 0 Å². The SMILES string of the molecule is Cc1cc(-c2ccccc2)ccc1OCc1cccc(C(=O)O)c1. The molecule has 3 rings (SSSR count). The average molecular weight is 318 g/mol. The summed E-state index contributed by atoms with van der Waals surface area (Å²) in [6.45, 7) is 2.35. The van der Waals surface area contributed by atoms with E-state index in [1.165, 1.54) is 5.56 Å². The standard InChI is InChI=1S/C21H18O3/c1-15-12-18(17-7-3-2-4-8-17)10-11-20(15)24-14-16-6-5-9-19(13-16)21(22)23/h2-13H,14H2,1H3,(H,22,23). The van der Waals surface area contributed by atoms with Gasteiger partial charge in [0.15, 0.2) is 0 Å². The Morgan fingerprint density at radius 1 is 0.917 bits per heavy atom. The van der Waals surface area contributed by atoms with Gasteiger partial charge in [-0.2, -0.15) is 0 Å².